The number of alkyl halides is 3. The summed E-state index contributed by atoms with van der Waals surface area (Å²) in [5.74, 6) is -0.247. The van der Waals surface area contributed by atoms with Gasteiger partial charge in [-0.1, -0.05) is 30.3 Å². The number of hydrogen-bond acceptors (Lipinski definition) is 7. The first-order chi connectivity index (χ1) is 16.7. The van der Waals surface area contributed by atoms with Gasteiger partial charge in [-0.25, -0.2) is 21.6 Å². The Morgan fingerprint density at radius 1 is 1.17 bits per heavy atom. The van der Waals surface area contributed by atoms with Gasteiger partial charge in [0.05, 0.1) is 29.0 Å². The van der Waals surface area contributed by atoms with Crippen LogP contribution in [0.1, 0.15) is 35.3 Å². The summed E-state index contributed by atoms with van der Waals surface area (Å²) in [5.41, 5.74) is -0.0605. The van der Waals surface area contributed by atoms with Crippen LogP contribution in [-0.2, 0) is 37.4 Å². The molecule has 0 saturated carbocycles. The first-order valence-corrected chi connectivity index (χ1v) is 13.9. The van der Waals surface area contributed by atoms with Gasteiger partial charge >= 0.3 is 6.18 Å². The summed E-state index contributed by atoms with van der Waals surface area (Å²) in [5, 5.41) is 2.01. The van der Waals surface area contributed by atoms with Crippen LogP contribution in [0.5, 0.6) is 0 Å². The number of sulfonamides is 2. The third kappa shape index (κ3) is 5.71. The number of carbonyl (C=O) groups is 1. The quantitative estimate of drug-likeness (QED) is 0.488. The van der Waals surface area contributed by atoms with Crippen molar-refractivity contribution in [3.63, 3.8) is 0 Å². The standard InChI is InChI=1S/C22H23F3N4O5S2/c1-13-12-26-21(27-13)18(28-35(31,32)17-4-2-3-16(10-17)22(23,24)25)9-14-5-7-15(8-6-14)19-11-20(30)29-36(19,33)34/h2-8,10,13,18-19,28H,9,11-12H2,1H3,(H,26,27)(H,29,30)/t13-,18?,19?/m0/s1. The van der Waals surface area contributed by atoms with Crippen LogP contribution in [-0.4, -0.2) is 47.2 Å². The van der Waals surface area contributed by atoms with Gasteiger partial charge in [0.15, 0.2) is 0 Å². The van der Waals surface area contributed by atoms with Gasteiger partial charge in [0.1, 0.15) is 11.1 Å². The van der Waals surface area contributed by atoms with Crippen molar-refractivity contribution in [3.05, 3.63) is 65.2 Å². The van der Waals surface area contributed by atoms with Gasteiger partial charge in [-0.2, -0.15) is 13.2 Å². The zero-order valence-corrected chi connectivity index (χ0v) is 20.5. The number of benzene rings is 2. The highest BCUT2D eigenvalue weighted by molar-refractivity contribution is 7.90. The van der Waals surface area contributed by atoms with E-state index in [2.05, 4.69) is 15.0 Å². The first-order valence-electron chi connectivity index (χ1n) is 10.9. The molecule has 3 N–H and O–H groups in total. The van der Waals surface area contributed by atoms with E-state index in [-0.39, 0.29) is 18.9 Å². The van der Waals surface area contributed by atoms with Gasteiger partial charge in [0.2, 0.25) is 26.0 Å². The molecular formula is C22H23F3N4O5S2. The number of halogens is 3. The predicted molar refractivity (Wildman–Crippen MR) is 125 cm³/mol. The number of amidine groups is 1. The van der Waals surface area contributed by atoms with Gasteiger partial charge in [-0.15, -0.1) is 0 Å². The number of amides is 1. The summed E-state index contributed by atoms with van der Waals surface area (Å²) < 4.78 is 94.0. The lowest BCUT2D eigenvalue weighted by Gasteiger charge is -2.20. The fraction of sp³-hybridized carbons (Fsp3) is 0.364. The van der Waals surface area contributed by atoms with E-state index in [0.717, 1.165) is 18.2 Å². The lowest BCUT2D eigenvalue weighted by molar-refractivity contribution is -0.137. The second kappa shape index (κ2) is 9.48. The molecule has 9 nitrogen and oxygen atoms in total. The Morgan fingerprint density at radius 2 is 1.86 bits per heavy atom. The SMILES string of the molecule is C[C@H]1CNC(C(Cc2ccc(C3CC(=O)NS3(=O)=O)cc2)NS(=O)(=O)c2cccc(C(F)(F)F)c2)=N1. The van der Waals surface area contributed by atoms with E-state index < -0.39 is 53.9 Å². The Hall–Kier alpha value is -2.97. The van der Waals surface area contributed by atoms with Crippen LogP contribution in [0.2, 0.25) is 0 Å². The molecule has 1 saturated heterocycles. The molecule has 2 aromatic carbocycles. The van der Waals surface area contributed by atoms with Gasteiger partial charge in [-0.05, 0) is 42.7 Å². The number of nitrogens with one attached hydrogen (secondary N) is 3. The van der Waals surface area contributed by atoms with E-state index in [9.17, 15) is 34.8 Å². The largest absolute Gasteiger partial charge is 0.416 e. The van der Waals surface area contributed by atoms with Crippen LogP contribution in [0.4, 0.5) is 13.2 Å². The second-order valence-electron chi connectivity index (χ2n) is 8.65. The molecule has 2 aliphatic rings. The van der Waals surface area contributed by atoms with Crippen LogP contribution in [0, 0.1) is 0 Å². The number of carbonyl (C=O) groups excluding carboxylic acids is 1. The molecule has 0 radical (unpaired) electrons. The Morgan fingerprint density at radius 3 is 2.42 bits per heavy atom. The van der Waals surface area contributed by atoms with E-state index in [1.165, 1.54) is 0 Å². The molecule has 0 aromatic heterocycles. The van der Waals surface area contributed by atoms with Crippen LogP contribution in [0.15, 0.2) is 58.4 Å². The van der Waals surface area contributed by atoms with E-state index in [1.54, 1.807) is 24.3 Å². The summed E-state index contributed by atoms with van der Waals surface area (Å²) in [7, 11) is -8.17. The molecule has 2 aromatic rings. The zero-order valence-electron chi connectivity index (χ0n) is 18.9. The third-order valence-electron chi connectivity index (χ3n) is 5.83. The van der Waals surface area contributed by atoms with E-state index in [4.69, 9.17) is 0 Å². The highest BCUT2D eigenvalue weighted by Crippen LogP contribution is 2.31. The molecule has 1 amide bonds. The molecular weight excluding hydrogens is 521 g/mol. The molecule has 2 heterocycles. The van der Waals surface area contributed by atoms with Crippen molar-refractivity contribution in [2.75, 3.05) is 6.54 Å². The van der Waals surface area contributed by atoms with Crippen molar-refractivity contribution in [1.29, 1.82) is 0 Å². The fourth-order valence-electron chi connectivity index (χ4n) is 4.03. The first kappa shape index (κ1) is 26.1. The average Bonchev–Trinajstić information content (AvgIpc) is 3.34. The smallest absolute Gasteiger partial charge is 0.370 e. The number of aliphatic imine (C=N–C) groups is 1. The van der Waals surface area contributed by atoms with Crippen LogP contribution >= 0.6 is 0 Å². The minimum absolute atomic E-state index is 0.0889. The maximum atomic E-state index is 13.1. The molecule has 194 valence electrons. The summed E-state index contributed by atoms with van der Waals surface area (Å²) in [6.07, 6.45) is -4.81. The fourth-order valence-corrected chi connectivity index (χ4v) is 6.71. The van der Waals surface area contributed by atoms with Crippen molar-refractivity contribution in [1.82, 2.24) is 14.8 Å². The third-order valence-corrected chi connectivity index (χ3v) is 9.00. The lowest BCUT2D eigenvalue weighted by atomic mass is 10.0. The van der Waals surface area contributed by atoms with E-state index >= 15 is 0 Å². The molecule has 4 rings (SSSR count). The Kier molecular flexibility index (Phi) is 6.88. The van der Waals surface area contributed by atoms with Crippen LogP contribution in [0.25, 0.3) is 0 Å². The molecule has 3 atom stereocenters. The lowest BCUT2D eigenvalue weighted by Crippen LogP contribution is -2.46. The second-order valence-corrected chi connectivity index (χ2v) is 12.2. The van der Waals surface area contributed by atoms with Crippen molar-refractivity contribution < 1.29 is 34.8 Å². The summed E-state index contributed by atoms with van der Waals surface area (Å²) in [6, 6.07) is 8.72. The molecule has 2 unspecified atom stereocenters. The molecule has 1 fully saturated rings. The molecule has 0 spiro atoms. The molecule has 0 aliphatic carbocycles. The van der Waals surface area contributed by atoms with Gasteiger partial charge < -0.3 is 5.32 Å². The minimum atomic E-state index is -4.70. The average molecular weight is 545 g/mol. The van der Waals surface area contributed by atoms with Crippen LogP contribution in [0.3, 0.4) is 0 Å². The van der Waals surface area contributed by atoms with E-state index in [1.807, 2.05) is 11.6 Å². The van der Waals surface area contributed by atoms with Gasteiger partial charge in [0.25, 0.3) is 0 Å². The number of nitrogens with zero attached hydrogens (tertiary/aromatic N) is 1. The topological polar surface area (TPSA) is 134 Å². The highest BCUT2D eigenvalue weighted by atomic mass is 32.2. The van der Waals surface area contributed by atoms with Gasteiger partial charge in [0, 0.05) is 6.54 Å². The van der Waals surface area contributed by atoms with Crippen molar-refractivity contribution in [3.8, 4) is 0 Å². The van der Waals surface area contributed by atoms with Crippen molar-refractivity contribution in [2.45, 2.75) is 48.2 Å². The van der Waals surface area contributed by atoms with Crippen molar-refractivity contribution >= 4 is 31.8 Å². The number of hydrogen-bond donors (Lipinski definition) is 3. The van der Waals surface area contributed by atoms with Crippen LogP contribution < -0.4 is 14.8 Å². The maximum Gasteiger partial charge on any atom is 0.416 e. The Labute approximate surface area is 206 Å². The van der Waals surface area contributed by atoms with E-state index in [0.29, 0.717) is 29.6 Å². The highest BCUT2D eigenvalue weighted by Gasteiger charge is 2.38. The number of rotatable bonds is 7. The molecule has 0 bridgehead atoms. The maximum absolute atomic E-state index is 13.1. The van der Waals surface area contributed by atoms with Gasteiger partial charge in [-0.3, -0.25) is 14.5 Å². The Balaban J connectivity index is 1.59. The predicted octanol–water partition coefficient (Wildman–Crippen LogP) is 1.88. The minimum Gasteiger partial charge on any atom is -0.370 e. The Bertz CT molecular complexity index is 1410. The molecule has 14 heteroatoms. The molecule has 36 heavy (non-hydrogen) atoms. The summed E-state index contributed by atoms with van der Waals surface area (Å²) in [4.78, 5) is 15.4. The summed E-state index contributed by atoms with van der Waals surface area (Å²) >= 11 is 0. The molecule has 2 aliphatic heterocycles. The van der Waals surface area contributed by atoms with Crippen molar-refractivity contribution in [2.24, 2.45) is 4.99 Å². The normalized spacial score (nSPS) is 22.6. The zero-order chi connectivity index (χ0) is 26.3. The summed E-state index contributed by atoms with van der Waals surface area (Å²) in [6.45, 7) is 2.29. The monoisotopic (exact) mass is 544 g/mol.